The third-order valence-corrected chi connectivity index (χ3v) is 4.88. The second-order valence-electron chi connectivity index (χ2n) is 6.68. The van der Waals surface area contributed by atoms with Crippen molar-refractivity contribution < 1.29 is 9.47 Å². The van der Waals surface area contributed by atoms with Crippen LogP contribution in [0.15, 0.2) is 24.5 Å². The zero-order valence-corrected chi connectivity index (χ0v) is 13.5. The minimum atomic E-state index is 0.161. The Bertz CT molecular complexity index is 434. The van der Waals surface area contributed by atoms with Gasteiger partial charge in [0, 0.05) is 44.3 Å². The number of pyridine rings is 1. The fourth-order valence-corrected chi connectivity index (χ4v) is 3.75. The Hall–Kier alpha value is -0.970. The molecule has 22 heavy (non-hydrogen) atoms. The first-order chi connectivity index (χ1) is 10.8. The van der Waals surface area contributed by atoms with E-state index in [4.69, 9.17) is 9.47 Å². The monoisotopic (exact) mass is 304 g/mol. The second-order valence-corrected chi connectivity index (χ2v) is 6.68. The van der Waals surface area contributed by atoms with E-state index < -0.39 is 0 Å². The van der Waals surface area contributed by atoms with Crippen molar-refractivity contribution in [3.05, 3.63) is 30.1 Å². The highest BCUT2D eigenvalue weighted by Crippen LogP contribution is 2.29. The van der Waals surface area contributed by atoms with E-state index in [0.29, 0.717) is 12.1 Å². The first-order valence-electron chi connectivity index (χ1n) is 8.68. The van der Waals surface area contributed by atoms with Crippen molar-refractivity contribution in [3.8, 4) is 0 Å². The number of rotatable bonds is 5. The van der Waals surface area contributed by atoms with E-state index in [1.54, 1.807) is 0 Å². The fraction of sp³-hybridized carbons (Fsp3) is 0.722. The fourth-order valence-electron chi connectivity index (χ4n) is 3.75. The number of aromatic nitrogens is 1. The molecule has 3 atom stereocenters. The lowest BCUT2D eigenvalue weighted by Gasteiger charge is -2.36. The van der Waals surface area contributed by atoms with Crippen molar-refractivity contribution >= 4 is 0 Å². The largest absolute Gasteiger partial charge is 0.381 e. The first-order valence-corrected chi connectivity index (χ1v) is 8.68. The lowest BCUT2D eigenvalue weighted by Crippen LogP contribution is -2.44. The molecule has 0 aliphatic carbocycles. The van der Waals surface area contributed by atoms with Crippen molar-refractivity contribution in [2.75, 3.05) is 19.8 Å². The van der Waals surface area contributed by atoms with Gasteiger partial charge in [0.1, 0.15) is 0 Å². The zero-order chi connectivity index (χ0) is 15.2. The molecular weight excluding hydrogens is 276 g/mol. The third kappa shape index (κ3) is 4.28. The SMILES string of the molecule is C[C@H](CC1CCOCC1)N[C@H]1CCCO[C@@H]1c1ccncc1. The summed E-state index contributed by atoms with van der Waals surface area (Å²) in [6.07, 6.45) is 9.86. The van der Waals surface area contributed by atoms with Gasteiger partial charge in [-0.1, -0.05) is 0 Å². The van der Waals surface area contributed by atoms with Crippen LogP contribution in [0, 0.1) is 5.92 Å². The lowest BCUT2D eigenvalue weighted by atomic mass is 9.91. The number of nitrogens with one attached hydrogen (secondary N) is 1. The Labute approximate surface area is 133 Å². The molecule has 2 aliphatic heterocycles. The molecule has 122 valence electrons. The number of hydrogen-bond donors (Lipinski definition) is 1. The highest BCUT2D eigenvalue weighted by atomic mass is 16.5. The average Bonchev–Trinajstić information content (AvgIpc) is 2.57. The molecule has 3 rings (SSSR count). The average molecular weight is 304 g/mol. The van der Waals surface area contributed by atoms with Gasteiger partial charge in [0.25, 0.3) is 0 Å². The van der Waals surface area contributed by atoms with Crippen LogP contribution in [0.3, 0.4) is 0 Å². The number of hydrogen-bond acceptors (Lipinski definition) is 4. The Morgan fingerprint density at radius 2 is 1.95 bits per heavy atom. The van der Waals surface area contributed by atoms with Crippen LogP contribution in [0.25, 0.3) is 0 Å². The summed E-state index contributed by atoms with van der Waals surface area (Å²) in [5.41, 5.74) is 1.24. The molecular formula is C18H28N2O2. The number of ether oxygens (including phenoxy) is 2. The van der Waals surface area contributed by atoms with Gasteiger partial charge < -0.3 is 14.8 Å². The van der Waals surface area contributed by atoms with E-state index in [9.17, 15) is 0 Å². The van der Waals surface area contributed by atoms with Crippen LogP contribution in [-0.2, 0) is 9.47 Å². The molecule has 0 radical (unpaired) electrons. The molecule has 1 aromatic rings. The molecule has 0 unspecified atom stereocenters. The smallest absolute Gasteiger partial charge is 0.0978 e. The van der Waals surface area contributed by atoms with Gasteiger partial charge in [-0.25, -0.2) is 0 Å². The molecule has 0 bridgehead atoms. The minimum Gasteiger partial charge on any atom is -0.381 e. The number of nitrogens with zero attached hydrogens (tertiary/aromatic N) is 1. The third-order valence-electron chi connectivity index (χ3n) is 4.88. The first kappa shape index (κ1) is 15.9. The predicted molar refractivity (Wildman–Crippen MR) is 86.7 cm³/mol. The van der Waals surface area contributed by atoms with Gasteiger partial charge in [-0.15, -0.1) is 0 Å². The summed E-state index contributed by atoms with van der Waals surface area (Å²) < 4.78 is 11.5. The van der Waals surface area contributed by atoms with Crippen molar-refractivity contribution in [1.29, 1.82) is 0 Å². The molecule has 4 nitrogen and oxygen atoms in total. The maximum Gasteiger partial charge on any atom is 0.0978 e. The summed E-state index contributed by atoms with van der Waals surface area (Å²) >= 11 is 0. The molecule has 0 amide bonds. The van der Waals surface area contributed by atoms with Gasteiger partial charge in [0.05, 0.1) is 6.10 Å². The quantitative estimate of drug-likeness (QED) is 0.908. The van der Waals surface area contributed by atoms with Crippen molar-refractivity contribution in [2.45, 2.75) is 57.2 Å². The van der Waals surface area contributed by atoms with Crippen LogP contribution in [0.4, 0.5) is 0 Å². The minimum absolute atomic E-state index is 0.161. The molecule has 1 N–H and O–H groups in total. The molecule has 0 spiro atoms. The van der Waals surface area contributed by atoms with Crippen LogP contribution in [-0.4, -0.2) is 36.9 Å². The van der Waals surface area contributed by atoms with E-state index in [1.807, 2.05) is 12.4 Å². The van der Waals surface area contributed by atoms with Gasteiger partial charge in [0.2, 0.25) is 0 Å². The Morgan fingerprint density at radius 3 is 2.73 bits per heavy atom. The maximum atomic E-state index is 6.06. The second kappa shape index (κ2) is 8.04. The highest BCUT2D eigenvalue weighted by Gasteiger charge is 2.29. The standard InChI is InChI=1S/C18H28N2O2/c1-14(13-15-6-11-21-12-7-15)20-17-3-2-10-22-18(17)16-4-8-19-9-5-16/h4-5,8-9,14-15,17-18,20H,2-3,6-7,10-13H2,1H3/t14-,17+,18-/m1/s1. The summed E-state index contributed by atoms with van der Waals surface area (Å²) in [4.78, 5) is 4.12. The van der Waals surface area contributed by atoms with Crippen LogP contribution < -0.4 is 5.32 Å². The summed E-state index contributed by atoms with van der Waals surface area (Å²) in [6, 6.07) is 5.09. The maximum absolute atomic E-state index is 6.06. The van der Waals surface area contributed by atoms with E-state index in [0.717, 1.165) is 32.2 Å². The molecule has 2 aliphatic rings. The summed E-state index contributed by atoms with van der Waals surface area (Å²) in [5.74, 6) is 0.806. The molecule has 3 heterocycles. The molecule has 0 aromatic carbocycles. The lowest BCUT2D eigenvalue weighted by molar-refractivity contribution is -0.0150. The molecule has 2 fully saturated rings. The zero-order valence-electron chi connectivity index (χ0n) is 13.5. The Morgan fingerprint density at radius 1 is 1.18 bits per heavy atom. The van der Waals surface area contributed by atoms with Gasteiger partial charge in [-0.2, -0.15) is 0 Å². The topological polar surface area (TPSA) is 43.4 Å². The van der Waals surface area contributed by atoms with Gasteiger partial charge in [-0.3, -0.25) is 4.98 Å². The normalized spacial score (nSPS) is 28.4. The van der Waals surface area contributed by atoms with Crippen molar-refractivity contribution in [1.82, 2.24) is 10.3 Å². The van der Waals surface area contributed by atoms with E-state index in [2.05, 4.69) is 29.4 Å². The summed E-state index contributed by atoms with van der Waals surface area (Å²) in [5, 5.41) is 3.83. The van der Waals surface area contributed by atoms with E-state index in [1.165, 1.54) is 31.2 Å². The van der Waals surface area contributed by atoms with Gasteiger partial charge >= 0.3 is 0 Å². The molecule has 4 heteroatoms. The van der Waals surface area contributed by atoms with Crippen LogP contribution >= 0.6 is 0 Å². The predicted octanol–water partition coefficient (Wildman–Crippen LogP) is 3.10. The summed E-state index contributed by atoms with van der Waals surface area (Å²) in [6.45, 7) is 5.04. The molecule has 0 saturated carbocycles. The highest BCUT2D eigenvalue weighted by molar-refractivity contribution is 5.16. The van der Waals surface area contributed by atoms with Gasteiger partial charge in [0.15, 0.2) is 0 Å². The van der Waals surface area contributed by atoms with Crippen LogP contribution in [0.5, 0.6) is 0 Å². The van der Waals surface area contributed by atoms with Crippen LogP contribution in [0.1, 0.15) is 50.7 Å². The van der Waals surface area contributed by atoms with E-state index >= 15 is 0 Å². The Balaban J connectivity index is 1.56. The summed E-state index contributed by atoms with van der Waals surface area (Å²) in [7, 11) is 0. The van der Waals surface area contributed by atoms with E-state index in [-0.39, 0.29) is 6.10 Å². The van der Waals surface area contributed by atoms with Gasteiger partial charge in [-0.05, 0) is 62.6 Å². The van der Waals surface area contributed by atoms with Crippen molar-refractivity contribution in [3.63, 3.8) is 0 Å². The van der Waals surface area contributed by atoms with Crippen LogP contribution in [0.2, 0.25) is 0 Å². The van der Waals surface area contributed by atoms with Crippen molar-refractivity contribution in [2.24, 2.45) is 5.92 Å². The molecule has 1 aromatic heterocycles. The Kier molecular flexibility index (Phi) is 5.82. The molecule has 2 saturated heterocycles.